The van der Waals surface area contributed by atoms with Crippen molar-refractivity contribution in [3.05, 3.63) is 173 Å². The fourth-order valence-electron chi connectivity index (χ4n) is 6.71. The van der Waals surface area contributed by atoms with Crippen LogP contribution in [0.1, 0.15) is 83.3 Å². The SMILES string of the molecule is Cc1cnc(-c2[c-]cc(C)c(-c3ccccc3)c2)cc1C.[2H]C([2H])([2H])c1ccc2c(n1)oc1c(-c3cc(C([2H])([2H])C(C)(C)c4ccc(C([2H])([2H])C(C)(C)C)cc4)ccn3)[c-]ccc12.[Ir]. The van der Waals surface area contributed by atoms with Gasteiger partial charge in [0.05, 0.1) is 5.58 Å². The Morgan fingerprint density at radius 3 is 2.21 bits per heavy atom. The number of aryl methyl sites for hydroxylation is 4. The van der Waals surface area contributed by atoms with E-state index in [2.05, 4.69) is 90.3 Å². The third-order valence-electron chi connectivity index (χ3n) is 9.79. The molecule has 8 rings (SSSR count). The Hall–Kier alpha value is -5.22. The van der Waals surface area contributed by atoms with Crippen LogP contribution in [-0.2, 0) is 38.3 Å². The van der Waals surface area contributed by atoms with Crippen molar-refractivity contribution in [3.8, 4) is 33.6 Å². The summed E-state index contributed by atoms with van der Waals surface area (Å²) in [6, 6.07) is 40.5. The van der Waals surface area contributed by atoms with Gasteiger partial charge in [0.25, 0.3) is 0 Å². The minimum Gasteiger partial charge on any atom is -0.486 e. The van der Waals surface area contributed by atoms with Gasteiger partial charge in [0.1, 0.15) is 0 Å². The Morgan fingerprint density at radius 1 is 0.719 bits per heavy atom. The monoisotopic (exact) mass is 933 g/mol. The van der Waals surface area contributed by atoms with Crippen LogP contribution in [0.15, 0.2) is 126 Å². The quantitative estimate of drug-likeness (QED) is 0.149. The van der Waals surface area contributed by atoms with Gasteiger partial charge in [0.2, 0.25) is 5.71 Å². The number of fused-ring (bicyclic) bond motifs is 3. The van der Waals surface area contributed by atoms with Gasteiger partial charge in [-0.1, -0.05) is 136 Å². The van der Waals surface area contributed by atoms with Gasteiger partial charge in [0, 0.05) is 53.2 Å². The summed E-state index contributed by atoms with van der Waals surface area (Å²) in [5.74, 6) is 0. The molecule has 1 radical (unpaired) electrons. The van der Waals surface area contributed by atoms with E-state index >= 15 is 0 Å². The Balaban J connectivity index is 0.000000259. The zero-order chi connectivity index (χ0) is 45.7. The summed E-state index contributed by atoms with van der Waals surface area (Å²) < 4.78 is 64.7. The minimum absolute atomic E-state index is 0. The Morgan fingerprint density at radius 2 is 1.49 bits per heavy atom. The largest absolute Gasteiger partial charge is 0.486 e. The smallest absolute Gasteiger partial charge is 0.216 e. The molecule has 0 unspecified atom stereocenters. The standard InChI is InChI=1S/C32H33N2O.C20H18N.Ir/c1-21-10-15-26-25-8-7-9-27(29(25)35-30(26)34-21)28-18-23(16-17-33-28)20-32(5,6)24-13-11-22(12-14-24)19-31(2,3)4;1-14-9-10-18(20-11-15(2)16(3)13-21-20)12-19(14)17-7-5-4-6-8-17;/h7-8,10-18H,19-20H2,1-6H3;4-9,11-13H,1-3H3;/q2*-1;/i1D3,19D2,20D2;;. The molecule has 291 valence electrons. The van der Waals surface area contributed by atoms with E-state index in [-0.39, 0.29) is 31.5 Å². The molecule has 0 bridgehead atoms. The van der Waals surface area contributed by atoms with Crippen molar-refractivity contribution in [1.29, 1.82) is 0 Å². The number of nitrogens with zero attached hydrogens (tertiary/aromatic N) is 3. The molecule has 8 aromatic rings. The van der Waals surface area contributed by atoms with Crippen LogP contribution in [0, 0.1) is 45.2 Å². The van der Waals surface area contributed by atoms with Gasteiger partial charge in [-0.05, 0) is 96.1 Å². The third-order valence-corrected chi connectivity index (χ3v) is 9.79. The molecule has 0 N–H and O–H groups in total. The van der Waals surface area contributed by atoms with Crippen molar-refractivity contribution < 1.29 is 34.1 Å². The summed E-state index contributed by atoms with van der Waals surface area (Å²) in [5.41, 5.74) is 9.89. The number of benzene rings is 4. The van der Waals surface area contributed by atoms with E-state index in [1.807, 2.05) is 65.1 Å². The summed E-state index contributed by atoms with van der Waals surface area (Å²) in [6.45, 7) is 13.2. The maximum atomic E-state index is 9.24. The molecule has 5 heteroatoms. The zero-order valence-electron chi connectivity index (χ0n) is 40.6. The fraction of sp³-hybridized carbons (Fsp3) is 0.250. The van der Waals surface area contributed by atoms with Crippen LogP contribution in [0.5, 0.6) is 0 Å². The molecule has 0 aliphatic carbocycles. The van der Waals surface area contributed by atoms with Crippen molar-refractivity contribution in [2.75, 3.05) is 0 Å². The number of hydrogen-bond acceptors (Lipinski definition) is 4. The van der Waals surface area contributed by atoms with E-state index in [1.165, 1.54) is 33.9 Å². The van der Waals surface area contributed by atoms with Gasteiger partial charge < -0.3 is 14.4 Å². The van der Waals surface area contributed by atoms with Crippen LogP contribution in [0.25, 0.3) is 55.7 Å². The minimum atomic E-state index is -2.37. The average Bonchev–Trinajstić information content (AvgIpc) is 3.63. The van der Waals surface area contributed by atoms with Gasteiger partial charge in [-0.15, -0.1) is 47.5 Å². The Labute approximate surface area is 362 Å². The maximum Gasteiger partial charge on any atom is 0.216 e. The molecule has 0 spiro atoms. The number of rotatable bonds is 7. The second-order valence-corrected chi connectivity index (χ2v) is 15.8. The zero-order valence-corrected chi connectivity index (χ0v) is 36.0. The molecule has 4 aromatic carbocycles. The summed E-state index contributed by atoms with van der Waals surface area (Å²) in [4.78, 5) is 13.3. The predicted octanol–water partition coefficient (Wildman–Crippen LogP) is 13.4. The molecule has 57 heavy (non-hydrogen) atoms. The van der Waals surface area contributed by atoms with Crippen LogP contribution >= 0.6 is 0 Å². The molecule has 4 nitrogen and oxygen atoms in total. The van der Waals surface area contributed by atoms with Crippen molar-refractivity contribution in [1.82, 2.24) is 15.0 Å². The van der Waals surface area contributed by atoms with Crippen molar-refractivity contribution in [2.24, 2.45) is 5.41 Å². The predicted molar refractivity (Wildman–Crippen MR) is 233 cm³/mol. The molecule has 0 fully saturated rings. The molecule has 0 aliphatic rings. The van der Waals surface area contributed by atoms with E-state index in [0.717, 1.165) is 22.2 Å². The molecular formula is C52H51IrN3O-2. The van der Waals surface area contributed by atoms with Crippen LogP contribution in [0.4, 0.5) is 0 Å². The molecule has 4 heterocycles. The van der Waals surface area contributed by atoms with Crippen LogP contribution in [0.2, 0.25) is 0 Å². The van der Waals surface area contributed by atoms with E-state index in [0.29, 0.717) is 33.4 Å². The molecule has 0 amide bonds. The molecule has 0 saturated heterocycles. The van der Waals surface area contributed by atoms with Crippen LogP contribution in [0.3, 0.4) is 0 Å². The topological polar surface area (TPSA) is 51.8 Å². The first kappa shape index (κ1) is 32.8. The normalized spacial score (nSPS) is 14.1. The number of furan rings is 1. The Bertz CT molecular complexity index is 2940. The van der Waals surface area contributed by atoms with Gasteiger partial charge in [-0.2, -0.15) is 0 Å². The van der Waals surface area contributed by atoms with Crippen molar-refractivity contribution in [2.45, 2.75) is 80.4 Å². The molecule has 0 saturated carbocycles. The second kappa shape index (κ2) is 17.1. The van der Waals surface area contributed by atoms with E-state index in [9.17, 15) is 2.74 Å². The van der Waals surface area contributed by atoms with Gasteiger partial charge in [-0.25, -0.2) is 4.98 Å². The number of hydrogen-bond donors (Lipinski definition) is 0. The summed E-state index contributed by atoms with van der Waals surface area (Å²) in [5, 5.41) is 1.40. The van der Waals surface area contributed by atoms with Crippen molar-refractivity contribution >= 4 is 22.1 Å². The summed E-state index contributed by atoms with van der Waals surface area (Å²) in [7, 11) is 0. The molecule has 4 aromatic heterocycles. The van der Waals surface area contributed by atoms with Gasteiger partial charge in [0.15, 0.2) is 0 Å². The molecular weight excluding hydrogens is 875 g/mol. The second-order valence-electron chi connectivity index (χ2n) is 15.8. The number of aromatic nitrogens is 3. The maximum absolute atomic E-state index is 9.24. The van der Waals surface area contributed by atoms with Crippen LogP contribution < -0.4 is 0 Å². The first-order valence-electron chi connectivity index (χ1n) is 22.3. The van der Waals surface area contributed by atoms with E-state index in [4.69, 9.17) is 11.3 Å². The van der Waals surface area contributed by atoms with E-state index < -0.39 is 30.4 Å². The van der Waals surface area contributed by atoms with Gasteiger partial charge in [-0.3, -0.25) is 0 Å². The average molecular weight is 933 g/mol. The first-order chi connectivity index (χ1) is 29.5. The van der Waals surface area contributed by atoms with E-state index in [1.54, 1.807) is 42.6 Å². The van der Waals surface area contributed by atoms with Gasteiger partial charge >= 0.3 is 0 Å². The van der Waals surface area contributed by atoms with Crippen molar-refractivity contribution in [3.63, 3.8) is 0 Å². The Kier molecular flexibility index (Phi) is 9.85. The summed E-state index contributed by atoms with van der Waals surface area (Å²) >= 11 is 0. The molecule has 0 aliphatic heterocycles. The molecule has 0 atom stereocenters. The third kappa shape index (κ3) is 9.67. The van der Waals surface area contributed by atoms with Crippen LogP contribution in [-0.4, -0.2) is 15.0 Å². The fourth-order valence-corrected chi connectivity index (χ4v) is 6.71. The first-order valence-corrected chi connectivity index (χ1v) is 18.8. The summed E-state index contributed by atoms with van der Waals surface area (Å²) in [6.07, 6.45) is 0.0975. The number of pyridine rings is 3.